The Bertz CT molecular complexity index is 1210. The number of ether oxygens (including phenoxy) is 2. The van der Waals surface area contributed by atoms with Gasteiger partial charge in [0.2, 0.25) is 0 Å². The van der Waals surface area contributed by atoms with Crippen molar-refractivity contribution in [2.45, 2.75) is 44.2 Å². The molecule has 2 N–H and O–H groups in total. The molecule has 0 amide bonds. The van der Waals surface area contributed by atoms with Crippen LogP contribution in [0, 0.1) is 5.82 Å². The molecule has 1 unspecified atom stereocenters. The zero-order valence-electron chi connectivity index (χ0n) is 17.8. The summed E-state index contributed by atoms with van der Waals surface area (Å²) < 4.78 is 25.3. The van der Waals surface area contributed by atoms with E-state index in [0.717, 1.165) is 24.4 Å². The van der Waals surface area contributed by atoms with E-state index in [1.807, 2.05) is 6.08 Å². The number of carbonyl (C=O) groups excluding carboxylic acids is 1. The van der Waals surface area contributed by atoms with Crippen molar-refractivity contribution < 1.29 is 18.7 Å². The van der Waals surface area contributed by atoms with Gasteiger partial charge in [-0.05, 0) is 31.7 Å². The van der Waals surface area contributed by atoms with E-state index in [1.165, 1.54) is 0 Å². The Morgan fingerprint density at radius 3 is 3.03 bits per heavy atom. The molecule has 0 spiro atoms. The molecule has 33 heavy (non-hydrogen) atoms. The number of carbonyl (C=O) groups is 1. The quantitative estimate of drug-likeness (QED) is 0.531. The number of fused-ring (bicyclic) bond motifs is 1. The smallest absolute Gasteiger partial charge is 0.334 e. The van der Waals surface area contributed by atoms with Crippen molar-refractivity contribution in [3.05, 3.63) is 47.1 Å². The van der Waals surface area contributed by atoms with Crippen molar-refractivity contribution in [2.75, 3.05) is 18.5 Å². The zero-order valence-corrected chi connectivity index (χ0v) is 18.6. The van der Waals surface area contributed by atoms with Crippen molar-refractivity contribution in [1.29, 1.82) is 0 Å². The van der Waals surface area contributed by atoms with E-state index in [-0.39, 0.29) is 23.9 Å². The van der Waals surface area contributed by atoms with Crippen molar-refractivity contribution in [3.63, 3.8) is 0 Å². The SMILES string of the molecule is O=C(O[C@H]1CCOC1)C1=CCCC(Nc2nc(-c3c[nH]c4ncc(Cl)cc34)ncc2F)CC1. The van der Waals surface area contributed by atoms with Gasteiger partial charge in [0.25, 0.3) is 0 Å². The predicted molar refractivity (Wildman–Crippen MR) is 121 cm³/mol. The maximum Gasteiger partial charge on any atom is 0.334 e. The summed E-state index contributed by atoms with van der Waals surface area (Å²) in [7, 11) is 0. The molecule has 0 aromatic carbocycles. The summed E-state index contributed by atoms with van der Waals surface area (Å²) in [6.45, 7) is 1.08. The molecule has 2 atom stereocenters. The minimum atomic E-state index is -0.534. The molecule has 1 aliphatic heterocycles. The fraction of sp³-hybridized carbons (Fsp3) is 0.391. The third-order valence-electron chi connectivity index (χ3n) is 5.92. The predicted octanol–water partition coefficient (Wildman–Crippen LogP) is 4.43. The number of hydrogen-bond acceptors (Lipinski definition) is 7. The number of H-pyrrole nitrogens is 1. The molecular weight excluding hydrogens is 449 g/mol. The van der Waals surface area contributed by atoms with Crippen molar-refractivity contribution in [1.82, 2.24) is 19.9 Å². The van der Waals surface area contributed by atoms with Crippen LogP contribution < -0.4 is 5.32 Å². The van der Waals surface area contributed by atoms with Gasteiger partial charge in [-0.1, -0.05) is 17.7 Å². The molecule has 1 fully saturated rings. The molecule has 8 nitrogen and oxygen atoms in total. The van der Waals surface area contributed by atoms with Crippen molar-refractivity contribution >= 4 is 34.4 Å². The number of nitrogens with one attached hydrogen (secondary N) is 2. The molecule has 4 heterocycles. The Hall–Kier alpha value is -3.04. The topological polar surface area (TPSA) is 102 Å². The highest BCUT2D eigenvalue weighted by molar-refractivity contribution is 6.31. The lowest BCUT2D eigenvalue weighted by molar-refractivity contribution is -0.144. The van der Waals surface area contributed by atoms with Crippen LogP contribution in [0.2, 0.25) is 5.02 Å². The van der Waals surface area contributed by atoms with E-state index in [1.54, 1.807) is 18.5 Å². The summed E-state index contributed by atoms with van der Waals surface area (Å²) in [5.41, 5.74) is 2.00. The van der Waals surface area contributed by atoms with Gasteiger partial charge in [0.1, 0.15) is 11.8 Å². The summed E-state index contributed by atoms with van der Waals surface area (Å²) in [4.78, 5) is 28.4. The van der Waals surface area contributed by atoms with Crippen LogP contribution in [-0.4, -0.2) is 51.3 Å². The first-order valence-electron chi connectivity index (χ1n) is 11.0. The Balaban J connectivity index is 1.28. The summed E-state index contributed by atoms with van der Waals surface area (Å²) in [6, 6.07) is 1.72. The average Bonchev–Trinajstić information content (AvgIpc) is 3.40. The number of pyridine rings is 1. The van der Waals surface area contributed by atoms with Crippen LogP contribution in [-0.2, 0) is 14.3 Å². The minimum Gasteiger partial charge on any atom is -0.456 e. The third-order valence-corrected chi connectivity index (χ3v) is 6.12. The van der Waals surface area contributed by atoms with Gasteiger partial charge in [-0.2, -0.15) is 0 Å². The van der Waals surface area contributed by atoms with E-state index in [0.29, 0.717) is 60.1 Å². The summed E-state index contributed by atoms with van der Waals surface area (Å²) >= 11 is 6.08. The Morgan fingerprint density at radius 2 is 2.18 bits per heavy atom. The summed E-state index contributed by atoms with van der Waals surface area (Å²) in [6.07, 6.45) is 9.57. The number of aromatic amines is 1. The van der Waals surface area contributed by atoms with E-state index in [2.05, 4.69) is 25.3 Å². The molecular formula is C23H23ClFN5O3. The number of anilines is 1. The number of allylic oxidation sites excluding steroid dienone is 1. The van der Waals surface area contributed by atoms with Crippen molar-refractivity contribution in [2.24, 2.45) is 0 Å². The molecule has 2 aliphatic rings. The molecule has 1 aliphatic carbocycles. The molecule has 1 saturated heterocycles. The largest absolute Gasteiger partial charge is 0.456 e. The van der Waals surface area contributed by atoms with Gasteiger partial charge < -0.3 is 19.8 Å². The monoisotopic (exact) mass is 471 g/mol. The van der Waals surface area contributed by atoms with E-state index in [9.17, 15) is 9.18 Å². The van der Waals surface area contributed by atoms with Crippen LogP contribution in [0.1, 0.15) is 32.1 Å². The first-order chi connectivity index (χ1) is 16.1. The van der Waals surface area contributed by atoms with Gasteiger partial charge in [0.05, 0.1) is 24.4 Å². The molecule has 10 heteroatoms. The maximum atomic E-state index is 14.6. The van der Waals surface area contributed by atoms with E-state index in [4.69, 9.17) is 21.1 Å². The van der Waals surface area contributed by atoms with Gasteiger partial charge in [-0.3, -0.25) is 0 Å². The van der Waals surface area contributed by atoms with Crippen LogP contribution in [0.15, 0.2) is 36.3 Å². The second-order valence-corrected chi connectivity index (χ2v) is 8.66. The standard InChI is InChI=1S/C23H23ClFN5O3/c24-14-8-17-18(10-27-20(17)26-9-14)21-28-11-19(25)22(30-21)29-15-3-1-2-13(4-5-15)23(31)33-16-6-7-32-12-16/h2,8-11,15-16H,1,3-7,12H2,(H,26,27)(H,28,29,30)/t15?,16-/m0/s1. The molecule has 172 valence electrons. The number of aromatic nitrogens is 4. The fourth-order valence-corrected chi connectivity index (χ4v) is 4.31. The Labute approximate surface area is 194 Å². The Morgan fingerprint density at radius 1 is 1.27 bits per heavy atom. The van der Waals surface area contributed by atoms with Gasteiger partial charge in [-0.15, -0.1) is 0 Å². The first kappa shape index (κ1) is 21.8. The molecule has 0 saturated carbocycles. The average molecular weight is 472 g/mol. The lowest BCUT2D eigenvalue weighted by Gasteiger charge is -2.18. The van der Waals surface area contributed by atoms with E-state index >= 15 is 0 Å². The molecule has 0 bridgehead atoms. The molecule has 5 rings (SSSR count). The lowest BCUT2D eigenvalue weighted by Crippen LogP contribution is -2.22. The third kappa shape index (κ3) is 4.84. The number of nitrogens with zero attached hydrogens (tertiary/aromatic N) is 3. The minimum absolute atomic E-state index is 0.0438. The Kier molecular flexibility index (Phi) is 6.24. The zero-order chi connectivity index (χ0) is 22.8. The van der Waals surface area contributed by atoms with Gasteiger partial charge >= 0.3 is 5.97 Å². The van der Waals surface area contributed by atoms with Crippen LogP contribution in [0.5, 0.6) is 0 Å². The van der Waals surface area contributed by atoms with Crippen molar-refractivity contribution in [3.8, 4) is 11.4 Å². The second kappa shape index (κ2) is 9.44. The van der Waals surface area contributed by atoms with E-state index < -0.39 is 5.82 Å². The lowest BCUT2D eigenvalue weighted by atomic mass is 10.1. The first-order valence-corrected chi connectivity index (χ1v) is 11.3. The number of halogens is 2. The molecule has 3 aromatic heterocycles. The highest BCUT2D eigenvalue weighted by Crippen LogP contribution is 2.29. The number of esters is 1. The summed E-state index contributed by atoms with van der Waals surface area (Å²) in [5, 5.41) is 4.45. The van der Waals surface area contributed by atoms with Crippen LogP contribution in [0.25, 0.3) is 22.4 Å². The normalized spacial score (nSPS) is 21.0. The highest BCUT2D eigenvalue weighted by atomic mass is 35.5. The van der Waals surface area contributed by atoms with Gasteiger partial charge in [0.15, 0.2) is 17.5 Å². The van der Waals surface area contributed by atoms with Crippen LogP contribution in [0.3, 0.4) is 0 Å². The van der Waals surface area contributed by atoms with Crippen LogP contribution in [0.4, 0.5) is 10.2 Å². The van der Waals surface area contributed by atoms with Gasteiger partial charge in [0, 0.05) is 41.4 Å². The molecule has 3 aromatic rings. The number of rotatable bonds is 5. The van der Waals surface area contributed by atoms with Gasteiger partial charge in [-0.25, -0.2) is 24.1 Å². The molecule has 0 radical (unpaired) electrons. The summed E-state index contributed by atoms with van der Waals surface area (Å²) in [5.74, 6) is -0.325. The second-order valence-electron chi connectivity index (χ2n) is 8.22. The number of hydrogen-bond donors (Lipinski definition) is 2. The maximum absolute atomic E-state index is 14.6. The fourth-order valence-electron chi connectivity index (χ4n) is 4.15. The highest BCUT2D eigenvalue weighted by Gasteiger charge is 2.24. The van der Waals surface area contributed by atoms with Crippen LogP contribution >= 0.6 is 11.6 Å².